The Balaban J connectivity index is 1.22. The van der Waals surface area contributed by atoms with E-state index in [4.69, 9.17) is 0 Å². The van der Waals surface area contributed by atoms with Crippen molar-refractivity contribution >= 4 is 63.8 Å². The number of rotatable bonds is 5. The van der Waals surface area contributed by atoms with E-state index in [1.54, 1.807) is 0 Å². The first-order chi connectivity index (χ1) is 27.2. The first-order valence-corrected chi connectivity index (χ1v) is 19.7. The van der Waals surface area contributed by atoms with Crippen LogP contribution in [0, 0.1) is 0 Å². The third-order valence-electron chi connectivity index (χ3n) is 11.2. The topological polar surface area (TPSA) is 0 Å². The number of thiophene rings is 1. The summed E-state index contributed by atoms with van der Waals surface area (Å²) in [7, 11) is 0. The van der Waals surface area contributed by atoms with E-state index in [-0.39, 0.29) is 0 Å². The quantitative estimate of drug-likeness (QED) is 0.156. The molecule has 11 rings (SSSR count). The van der Waals surface area contributed by atoms with Gasteiger partial charge in [-0.1, -0.05) is 170 Å². The van der Waals surface area contributed by atoms with E-state index in [1.165, 1.54) is 108 Å². The van der Waals surface area contributed by atoms with Crippen LogP contribution < -0.4 is 0 Å². The lowest BCUT2D eigenvalue weighted by molar-refractivity contribution is 1.60. The van der Waals surface area contributed by atoms with E-state index in [9.17, 15) is 0 Å². The van der Waals surface area contributed by atoms with Crippen LogP contribution in [0.1, 0.15) is 0 Å². The summed E-state index contributed by atoms with van der Waals surface area (Å²) in [5.74, 6) is 0. The van der Waals surface area contributed by atoms with Gasteiger partial charge >= 0.3 is 0 Å². The third kappa shape index (κ3) is 5.44. The highest BCUT2D eigenvalue weighted by atomic mass is 32.1. The fourth-order valence-corrected chi connectivity index (χ4v) is 9.69. The zero-order valence-electron chi connectivity index (χ0n) is 30.0. The zero-order valence-corrected chi connectivity index (χ0v) is 30.9. The lowest BCUT2D eigenvalue weighted by Crippen LogP contribution is -1.93. The van der Waals surface area contributed by atoms with E-state index >= 15 is 0 Å². The molecule has 0 atom stereocenters. The minimum atomic E-state index is 1.21. The average molecular weight is 715 g/mol. The summed E-state index contributed by atoms with van der Waals surface area (Å²) >= 11 is 1.88. The molecule has 0 radical (unpaired) electrons. The fourth-order valence-electron chi connectivity index (χ4n) is 8.55. The Morgan fingerprint density at radius 2 is 0.691 bits per heavy atom. The lowest BCUT2D eigenvalue weighted by atomic mass is 9.83. The minimum Gasteiger partial charge on any atom is -0.135 e. The summed E-state index contributed by atoms with van der Waals surface area (Å²) in [6.45, 7) is 0. The Bertz CT molecular complexity index is 3210. The van der Waals surface area contributed by atoms with E-state index in [1.807, 2.05) is 11.3 Å². The summed E-state index contributed by atoms with van der Waals surface area (Å²) in [4.78, 5) is 0. The monoisotopic (exact) mass is 714 g/mol. The van der Waals surface area contributed by atoms with Crippen molar-refractivity contribution in [3.8, 4) is 55.6 Å². The highest BCUT2D eigenvalue weighted by Gasteiger charge is 2.19. The highest BCUT2D eigenvalue weighted by Crippen LogP contribution is 2.47. The van der Waals surface area contributed by atoms with Crippen molar-refractivity contribution in [1.29, 1.82) is 0 Å². The van der Waals surface area contributed by atoms with Crippen LogP contribution in [0.5, 0.6) is 0 Å². The first-order valence-electron chi connectivity index (χ1n) is 18.9. The van der Waals surface area contributed by atoms with Crippen LogP contribution >= 0.6 is 11.3 Å². The van der Waals surface area contributed by atoms with Crippen LogP contribution in [0.3, 0.4) is 0 Å². The van der Waals surface area contributed by atoms with Crippen molar-refractivity contribution in [2.45, 2.75) is 0 Å². The maximum Gasteiger partial charge on any atom is 0.0361 e. The molecule has 1 heteroatoms. The van der Waals surface area contributed by atoms with Gasteiger partial charge in [0.1, 0.15) is 0 Å². The molecule has 0 saturated carbocycles. The second-order valence-electron chi connectivity index (χ2n) is 14.5. The average Bonchev–Trinajstić information content (AvgIpc) is 3.62. The predicted octanol–water partition coefficient (Wildman–Crippen LogP) is 15.8. The van der Waals surface area contributed by atoms with E-state index in [0.717, 1.165) is 0 Å². The second kappa shape index (κ2) is 13.0. The van der Waals surface area contributed by atoms with Gasteiger partial charge in [-0.2, -0.15) is 0 Å². The molecule has 55 heavy (non-hydrogen) atoms. The van der Waals surface area contributed by atoms with Crippen LogP contribution in [-0.2, 0) is 0 Å². The van der Waals surface area contributed by atoms with Crippen LogP contribution in [0.2, 0.25) is 0 Å². The second-order valence-corrected chi connectivity index (χ2v) is 15.5. The smallest absolute Gasteiger partial charge is 0.0361 e. The summed E-state index contributed by atoms with van der Waals surface area (Å²) in [6.07, 6.45) is 0. The van der Waals surface area contributed by atoms with Crippen LogP contribution in [0.25, 0.3) is 108 Å². The van der Waals surface area contributed by atoms with Gasteiger partial charge in [-0.25, -0.2) is 0 Å². The molecule has 0 bridgehead atoms. The Labute approximate surface area is 324 Å². The first kappa shape index (κ1) is 31.7. The standard InChI is InChI=1S/C54H34S/c1-4-12-35(13-5-1)38-20-22-39(23-21-38)53-46-28-26-41(37-16-8-3-9-17-37)32-50(46)54(47-29-27-40(31-49(47)53)36-14-6-2-7-15-36)43-25-24-42-34-52-48(33-44(42)30-43)45-18-10-11-19-51(45)55-52/h1-34H. The molecule has 11 aromatic rings. The molecule has 256 valence electrons. The molecule has 1 aromatic heterocycles. The number of hydrogen-bond acceptors (Lipinski definition) is 1. The summed E-state index contributed by atoms with van der Waals surface area (Å²) in [6, 6.07) is 76.2. The predicted molar refractivity (Wildman–Crippen MR) is 239 cm³/mol. The van der Waals surface area contributed by atoms with Gasteiger partial charge in [0.2, 0.25) is 0 Å². The van der Waals surface area contributed by atoms with Crippen LogP contribution in [-0.4, -0.2) is 0 Å². The number of benzene rings is 10. The van der Waals surface area contributed by atoms with Gasteiger partial charge in [-0.05, 0) is 124 Å². The molecular formula is C54H34S. The van der Waals surface area contributed by atoms with Crippen molar-refractivity contribution in [2.75, 3.05) is 0 Å². The molecule has 0 saturated heterocycles. The molecule has 0 unspecified atom stereocenters. The normalized spacial score (nSPS) is 11.6. The molecule has 0 aliphatic carbocycles. The van der Waals surface area contributed by atoms with Gasteiger partial charge in [-0.3, -0.25) is 0 Å². The molecule has 0 fully saturated rings. The number of fused-ring (bicyclic) bond motifs is 6. The van der Waals surface area contributed by atoms with Crippen molar-refractivity contribution < 1.29 is 0 Å². The van der Waals surface area contributed by atoms with Crippen molar-refractivity contribution in [3.05, 3.63) is 206 Å². The highest BCUT2D eigenvalue weighted by molar-refractivity contribution is 7.25. The van der Waals surface area contributed by atoms with E-state index in [2.05, 4.69) is 206 Å². The van der Waals surface area contributed by atoms with Crippen LogP contribution in [0.15, 0.2) is 206 Å². The van der Waals surface area contributed by atoms with Crippen LogP contribution in [0.4, 0.5) is 0 Å². The van der Waals surface area contributed by atoms with Crippen molar-refractivity contribution in [2.24, 2.45) is 0 Å². The lowest BCUT2D eigenvalue weighted by Gasteiger charge is -2.20. The maximum absolute atomic E-state index is 2.42. The minimum absolute atomic E-state index is 1.21. The SMILES string of the molecule is c1ccc(-c2ccc(-c3c4ccc(-c5ccccc5)cc4c(-c4ccc5cc6sc7ccccc7c6cc5c4)c4ccc(-c5ccccc5)cc34)cc2)cc1. The molecule has 10 aromatic carbocycles. The van der Waals surface area contributed by atoms with Crippen molar-refractivity contribution in [3.63, 3.8) is 0 Å². The van der Waals surface area contributed by atoms with Gasteiger partial charge in [0.05, 0.1) is 0 Å². The van der Waals surface area contributed by atoms with Gasteiger partial charge < -0.3 is 0 Å². The van der Waals surface area contributed by atoms with Gasteiger partial charge in [0, 0.05) is 20.2 Å². The largest absolute Gasteiger partial charge is 0.135 e. The van der Waals surface area contributed by atoms with Gasteiger partial charge in [-0.15, -0.1) is 11.3 Å². The molecule has 0 aliphatic rings. The van der Waals surface area contributed by atoms with Gasteiger partial charge in [0.15, 0.2) is 0 Å². The molecule has 0 spiro atoms. The Hall–Kier alpha value is -6.80. The Morgan fingerprint density at radius 1 is 0.218 bits per heavy atom. The maximum atomic E-state index is 2.42. The molecule has 0 N–H and O–H groups in total. The molecule has 1 heterocycles. The Kier molecular flexibility index (Phi) is 7.46. The summed E-state index contributed by atoms with van der Waals surface area (Å²) in [5.41, 5.74) is 12.3. The molecule has 0 aliphatic heterocycles. The summed E-state index contributed by atoms with van der Waals surface area (Å²) < 4.78 is 2.67. The van der Waals surface area contributed by atoms with Crippen molar-refractivity contribution in [1.82, 2.24) is 0 Å². The molecule has 0 nitrogen and oxygen atoms in total. The Morgan fingerprint density at radius 3 is 1.31 bits per heavy atom. The molecular weight excluding hydrogens is 681 g/mol. The fraction of sp³-hybridized carbons (Fsp3) is 0. The third-order valence-corrected chi connectivity index (χ3v) is 12.4. The van der Waals surface area contributed by atoms with Gasteiger partial charge in [0.25, 0.3) is 0 Å². The summed E-state index contributed by atoms with van der Waals surface area (Å²) in [5, 5.41) is 10.2. The zero-order chi connectivity index (χ0) is 36.3. The molecule has 0 amide bonds. The van der Waals surface area contributed by atoms with E-state index < -0.39 is 0 Å². The van der Waals surface area contributed by atoms with E-state index in [0.29, 0.717) is 0 Å². The number of hydrogen-bond donors (Lipinski definition) is 0.